The molecule has 1 aliphatic heterocycles. The molecule has 1 heterocycles. The Balaban J connectivity index is 2.73. The van der Waals surface area contributed by atoms with Gasteiger partial charge in [0.15, 0.2) is 8.32 Å². The van der Waals surface area contributed by atoms with Gasteiger partial charge in [0.1, 0.15) is 6.10 Å². The zero-order valence-corrected chi connectivity index (χ0v) is 16.0. The van der Waals surface area contributed by atoms with E-state index in [1.807, 2.05) is 0 Å². The van der Waals surface area contributed by atoms with E-state index in [0.29, 0.717) is 19.8 Å². The third-order valence-corrected chi connectivity index (χ3v) is 9.60. The minimum atomic E-state index is -3.48. The first-order chi connectivity index (χ1) is 9.42. The standard InChI is InChI=1S/C14H30O5SSi/c1-14(2,3)21(5,6)18-11-13(19-20(4,15)16)12-7-9-17-10-8-12/h12-13H,7-11H2,1-6H3. The largest absolute Gasteiger partial charge is 0.414 e. The van der Waals surface area contributed by atoms with Crippen LogP contribution >= 0.6 is 0 Å². The van der Waals surface area contributed by atoms with Crippen LogP contribution < -0.4 is 0 Å². The van der Waals surface area contributed by atoms with Crippen LogP contribution in [0.4, 0.5) is 0 Å². The van der Waals surface area contributed by atoms with Crippen molar-refractivity contribution in [3.63, 3.8) is 0 Å². The molecule has 0 spiro atoms. The average Bonchev–Trinajstić information content (AvgIpc) is 2.33. The van der Waals surface area contributed by atoms with Gasteiger partial charge in [-0.25, -0.2) is 0 Å². The molecule has 1 rings (SSSR count). The molecule has 0 N–H and O–H groups in total. The van der Waals surface area contributed by atoms with Crippen molar-refractivity contribution in [2.45, 2.75) is 57.8 Å². The third kappa shape index (κ3) is 6.36. The fourth-order valence-corrected chi connectivity index (χ4v) is 3.74. The Hall–Kier alpha value is 0.0469. The summed E-state index contributed by atoms with van der Waals surface area (Å²) in [6.45, 7) is 12.5. The number of ether oxygens (including phenoxy) is 1. The quantitative estimate of drug-likeness (QED) is 0.550. The molecule has 0 bridgehead atoms. The summed E-state index contributed by atoms with van der Waals surface area (Å²) in [6.07, 6.45) is 2.34. The van der Waals surface area contributed by atoms with E-state index < -0.39 is 24.5 Å². The van der Waals surface area contributed by atoms with E-state index in [9.17, 15) is 8.42 Å². The minimum absolute atomic E-state index is 0.0956. The lowest BCUT2D eigenvalue weighted by atomic mass is 9.94. The van der Waals surface area contributed by atoms with Crippen LogP contribution in [0, 0.1) is 5.92 Å². The van der Waals surface area contributed by atoms with Gasteiger partial charge in [-0.1, -0.05) is 20.8 Å². The zero-order chi connectivity index (χ0) is 16.3. The van der Waals surface area contributed by atoms with Gasteiger partial charge in [-0.05, 0) is 36.9 Å². The van der Waals surface area contributed by atoms with Crippen molar-refractivity contribution in [2.24, 2.45) is 5.92 Å². The van der Waals surface area contributed by atoms with Gasteiger partial charge in [0.2, 0.25) is 0 Å². The lowest BCUT2D eigenvalue weighted by molar-refractivity contribution is 0.00196. The highest BCUT2D eigenvalue weighted by molar-refractivity contribution is 7.86. The Morgan fingerprint density at radius 1 is 1.24 bits per heavy atom. The molecule has 1 saturated heterocycles. The molecule has 1 aliphatic rings. The van der Waals surface area contributed by atoms with Gasteiger partial charge in [-0.2, -0.15) is 8.42 Å². The molecule has 1 unspecified atom stereocenters. The summed E-state index contributed by atoms with van der Waals surface area (Å²) in [7, 11) is -5.39. The summed E-state index contributed by atoms with van der Waals surface area (Å²) in [5.41, 5.74) is 0. The molecule has 5 nitrogen and oxygen atoms in total. The lowest BCUT2D eigenvalue weighted by Crippen LogP contribution is -2.45. The summed E-state index contributed by atoms with van der Waals surface area (Å²) >= 11 is 0. The fourth-order valence-electron chi connectivity index (χ4n) is 2.06. The van der Waals surface area contributed by atoms with E-state index >= 15 is 0 Å². The van der Waals surface area contributed by atoms with E-state index in [1.165, 1.54) is 0 Å². The Kier molecular flexibility index (Phi) is 6.44. The van der Waals surface area contributed by atoms with Gasteiger partial charge in [0, 0.05) is 13.2 Å². The molecule has 7 heteroatoms. The predicted octanol–water partition coefficient (Wildman–Crippen LogP) is 2.78. The van der Waals surface area contributed by atoms with Crippen molar-refractivity contribution in [1.29, 1.82) is 0 Å². The SMILES string of the molecule is CC(C)(C)[Si](C)(C)OCC(OS(C)(=O)=O)C1CCOCC1. The number of hydrogen-bond donors (Lipinski definition) is 0. The normalized spacial score (nSPS) is 20.5. The lowest BCUT2D eigenvalue weighted by Gasteiger charge is -2.38. The van der Waals surface area contributed by atoms with Crippen molar-refractivity contribution in [3.8, 4) is 0 Å². The number of hydrogen-bond acceptors (Lipinski definition) is 5. The molecule has 126 valence electrons. The van der Waals surface area contributed by atoms with E-state index in [-0.39, 0.29) is 11.0 Å². The maximum absolute atomic E-state index is 11.5. The topological polar surface area (TPSA) is 61.8 Å². The molecular formula is C14H30O5SSi. The molecular weight excluding hydrogens is 308 g/mol. The van der Waals surface area contributed by atoms with Gasteiger partial charge in [-0.3, -0.25) is 4.18 Å². The molecule has 0 radical (unpaired) electrons. The molecule has 0 aromatic carbocycles. The third-order valence-electron chi connectivity index (χ3n) is 4.50. The molecule has 1 fully saturated rings. The summed E-state index contributed by atoms with van der Waals surface area (Å²) in [6, 6.07) is 0. The van der Waals surface area contributed by atoms with Gasteiger partial charge in [-0.15, -0.1) is 0 Å². The fraction of sp³-hybridized carbons (Fsp3) is 1.00. The van der Waals surface area contributed by atoms with Crippen molar-refractivity contribution in [2.75, 3.05) is 26.1 Å². The first kappa shape index (κ1) is 19.1. The monoisotopic (exact) mass is 338 g/mol. The van der Waals surface area contributed by atoms with E-state index in [0.717, 1.165) is 19.1 Å². The molecule has 1 atom stereocenters. The maximum atomic E-state index is 11.5. The molecule has 21 heavy (non-hydrogen) atoms. The highest BCUT2D eigenvalue weighted by atomic mass is 32.2. The van der Waals surface area contributed by atoms with Gasteiger partial charge in [0.05, 0.1) is 12.9 Å². The van der Waals surface area contributed by atoms with Crippen LogP contribution in [0.5, 0.6) is 0 Å². The van der Waals surface area contributed by atoms with E-state index in [2.05, 4.69) is 33.9 Å². The van der Waals surface area contributed by atoms with Crippen molar-refractivity contribution in [1.82, 2.24) is 0 Å². The molecule has 0 aromatic heterocycles. The minimum Gasteiger partial charge on any atom is -0.414 e. The van der Waals surface area contributed by atoms with Crippen LogP contribution in [0.3, 0.4) is 0 Å². The highest BCUT2D eigenvalue weighted by Gasteiger charge is 2.39. The van der Waals surface area contributed by atoms with Gasteiger partial charge in [0.25, 0.3) is 10.1 Å². The van der Waals surface area contributed by atoms with Crippen LogP contribution in [0.15, 0.2) is 0 Å². The molecule has 0 amide bonds. The second-order valence-corrected chi connectivity index (χ2v) is 13.8. The van der Waals surface area contributed by atoms with Crippen molar-refractivity contribution in [3.05, 3.63) is 0 Å². The maximum Gasteiger partial charge on any atom is 0.264 e. The van der Waals surface area contributed by atoms with Crippen LogP contribution in [-0.4, -0.2) is 48.9 Å². The summed E-state index contributed by atoms with van der Waals surface area (Å²) in [4.78, 5) is 0. The van der Waals surface area contributed by atoms with Crippen LogP contribution in [0.25, 0.3) is 0 Å². The zero-order valence-electron chi connectivity index (χ0n) is 14.1. The van der Waals surface area contributed by atoms with Crippen LogP contribution in [0.2, 0.25) is 18.1 Å². The Bertz CT molecular complexity index is 421. The smallest absolute Gasteiger partial charge is 0.264 e. The van der Waals surface area contributed by atoms with Crippen molar-refractivity contribution < 1.29 is 21.8 Å². The van der Waals surface area contributed by atoms with Gasteiger partial charge < -0.3 is 9.16 Å². The van der Waals surface area contributed by atoms with E-state index in [4.69, 9.17) is 13.3 Å². The predicted molar refractivity (Wildman–Crippen MR) is 86.4 cm³/mol. The second-order valence-electron chi connectivity index (χ2n) is 7.36. The Labute approximate surface area is 130 Å². The first-order valence-electron chi connectivity index (χ1n) is 7.52. The van der Waals surface area contributed by atoms with Crippen LogP contribution in [-0.2, 0) is 23.5 Å². The Morgan fingerprint density at radius 2 is 1.76 bits per heavy atom. The van der Waals surface area contributed by atoms with Crippen LogP contribution in [0.1, 0.15) is 33.6 Å². The Morgan fingerprint density at radius 3 is 2.19 bits per heavy atom. The number of rotatable bonds is 6. The average molecular weight is 339 g/mol. The van der Waals surface area contributed by atoms with Crippen molar-refractivity contribution >= 4 is 18.4 Å². The summed E-state index contributed by atoms with van der Waals surface area (Å²) < 4.78 is 39.8. The molecule has 0 aliphatic carbocycles. The first-order valence-corrected chi connectivity index (χ1v) is 12.2. The molecule has 0 aromatic rings. The highest BCUT2D eigenvalue weighted by Crippen LogP contribution is 2.37. The summed E-state index contributed by atoms with van der Waals surface area (Å²) in [5.74, 6) is 0.179. The van der Waals surface area contributed by atoms with Gasteiger partial charge >= 0.3 is 0 Å². The summed E-state index contributed by atoms with van der Waals surface area (Å²) in [5, 5.41) is 0.0956. The van der Waals surface area contributed by atoms with E-state index in [1.54, 1.807) is 0 Å². The second kappa shape index (κ2) is 7.08. The molecule has 0 saturated carbocycles.